The zero-order valence-electron chi connectivity index (χ0n) is 18.6. The Bertz CT molecular complexity index is 1450. The van der Waals surface area contributed by atoms with Crippen molar-refractivity contribution in [3.05, 3.63) is 88.1 Å². The average Bonchev–Trinajstić information content (AvgIpc) is 3.17. The molecule has 3 aromatic carbocycles. The number of anilines is 1. The second-order valence-electron chi connectivity index (χ2n) is 8.55. The Morgan fingerprint density at radius 2 is 1.82 bits per heavy atom. The van der Waals surface area contributed by atoms with Gasteiger partial charge in [-0.3, -0.25) is 4.90 Å². The number of nitrogens with zero attached hydrogens (tertiary/aromatic N) is 3. The van der Waals surface area contributed by atoms with Crippen LogP contribution in [0.2, 0.25) is 5.02 Å². The predicted molar refractivity (Wildman–Crippen MR) is 128 cm³/mol. The van der Waals surface area contributed by atoms with Gasteiger partial charge in [-0.05, 0) is 55.3 Å². The van der Waals surface area contributed by atoms with Crippen LogP contribution in [0.1, 0.15) is 28.4 Å². The molecule has 6 nitrogen and oxygen atoms in total. The van der Waals surface area contributed by atoms with Crippen LogP contribution in [-0.2, 0) is 6.42 Å². The summed E-state index contributed by atoms with van der Waals surface area (Å²) >= 11 is 6.29. The molecule has 34 heavy (non-hydrogen) atoms. The number of aryl methyl sites for hydroxylation is 1. The molecule has 1 aromatic heterocycles. The molecule has 0 spiro atoms. The highest BCUT2D eigenvalue weighted by molar-refractivity contribution is 6.31. The number of hydrogen-bond donors (Lipinski definition) is 0. The minimum absolute atomic E-state index is 0.310. The van der Waals surface area contributed by atoms with E-state index < -0.39 is 12.1 Å². The highest BCUT2D eigenvalue weighted by Gasteiger charge is 2.44. The molecule has 0 saturated heterocycles. The fourth-order valence-corrected chi connectivity index (χ4v) is 5.17. The van der Waals surface area contributed by atoms with Crippen LogP contribution in [0.15, 0.2) is 60.7 Å². The number of carbonyl (C=O) groups is 1. The summed E-state index contributed by atoms with van der Waals surface area (Å²) in [5.74, 6) is 0.987. The molecule has 4 aromatic rings. The van der Waals surface area contributed by atoms with E-state index in [4.69, 9.17) is 21.1 Å². The summed E-state index contributed by atoms with van der Waals surface area (Å²) in [5, 5.41) is 2.08. The molecule has 0 radical (unpaired) electrons. The van der Waals surface area contributed by atoms with E-state index in [0.29, 0.717) is 57.2 Å². The highest BCUT2D eigenvalue weighted by atomic mass is 35.5. The zero-order chi connectivity index (χ0) is 23.6. The quantitative estimate of drug-likeness (QED) is 0.321. The van der Waals surface area contributed by atoms with Crippen molar-refractivity contribution in [2.24, 2.45) is 0 Å². The Kier molecular flexibility index (Phi) is 4.71. The molecule has 1 atom stereocenters. The van der Waals surface area contributed by atoms with Gasteiger partial charge in [0.2, 0.25) is 0 Å². The summed E-state index contributed by atoms with van der Waals surface area (Å²) in [4.78, 5) is 15.1. The third kappa shape index (κ3) is 3.04. The van der Waals surface area contributed by atoms with E-state index in [9.17, 15) is 4.79 Å². The second kappa shape index (κ2) is 7.67. The van der Waals surface area contributed by atoms with Gasteiger partial charge in [0.25, 0.3) is 0 Å². The zero-order valence-corrected chi connectivity index (χ0v) is 19.3. The average molecular weight is 478 g/mol. The SMILES string of the molecule is COc1ccc2c(c1)N(F)n1c3c(c4cc(Cl)ccc41)CCN(C(=O)Oc1ccc(C)cc1)C23. The van der Waals surface area contributed by atoms with Crippen molar-refractivity contribution < 1.29 is 18.7 Å². The standard InChI is InChI=1S/C26H21ClFN3O3/c1-15-3-6-17(7-4-15)34-26(32)29-12-11-19-21-13-16(27)5-10-22(21)30-25(19)24(29)20-9-8-18(33-2)14-23(20)31(30)28/h3-10,13-14,24H,11-12H2,1-2H3. The van der Waals surface area contributed by atoms with Crippen LogP contribution in [0.25, 0.3) is 10.9 Å². The largest absolute Gasteiger partial charge is 0.497 e. The molecule has 3 heterocycles. The molecule has 0 saturated carbocycles. The third-order valence-electron chi connectivity index (χ3n) is 6.59. The van der Waals surface area contributed by atoms with E-state index in [1.165, 1.54) is 11.8 Å². The van der Waals surface area contributed by atoms with Gasteiger partial charge in [-0.2, -0.15) is 0 Å². The number of aromatic nitrogens is 1. The van der Waals surface area contributed by atoms with Crippen LogP contribution in [0.5, 0.6) is 11.5 Å². The van der Waals surface area contributed by atoms with E-state index in [0.717, 1.165) is 16.5 Å². The smallest absolute Gasteiger partial charge is 0.416 e. The maximum atomic E-state index is 15.9. The molecule has 0 fully saturated rings. The van der Waals surface area contributed by atoms with Crippen LogP contribution < -0.4 is 14.7 Å². The van der Waals surface area contributed by atoms with Crippen molar-refractivity contribution in [3.8, 4) is 11.5 Å². The van der Waals surface area contributed by atoms with Crippen molar-refractivity contribution in [3.63, 3.8) is 0 Å². The summed E-state index contributed by atoms with van der Waals surface area (Å²) in [7, 11) is 1.54. The predicted octanol–water partition coefficient (Wildman–Crippen LogP) is 6.23. The summed E-state index contributed by atoms with van der Waals surface area (Å²) in [6, 6.07) is 17.4. The first-order valence-electron chi connectivity index (χ1n) is 11.0. The van der Waals surface area contributed by atoms with Gasteiger partial charge >= 0.3 is 6.09 Å². The van der Waals surface area contributed by atoms with Crippen LogP contribution in [0, 0.1) is 6.92 Å². The maximum absolute atomic E-state index is 15.9. The van der Waals surface area contributed by atoms with Gasteiger partial charge in [-0.1, -0.05) is 39.8 Å². The molecule has 0 aliphatic carbocycles. The number of rotatable bonds is 2. The number of hydrogen-bond acceptors (Lipinski definition) is 4. The minimum Gasteiger partial charge on any atom is -0.497 e. The van der Waals surface area contributed by atoms with E-state index in [-0.39, 0.29) is 0 Å². The number of carbonyl (C=O) groups excluding carboxylic acids is 1. The van der Waals surface area contributed by atoms with Gasteiger partial charge < -0.3 is 9.47 Å². The first-order valence-corrected chi connectivity index (χ1v) is 11.4. The molecule has 0 N–H and O–H groups in total. The molecule has 2 aliphatic heterocycles. The van der Waals surface area contributed by atoms with Gasteiger partial charge in [0.15, 0.2) is 0 Å². The van der Waals surface area contributed by atoms with Crippen LogP contribution in [-0.4, -0.2) is 29.3 Å². The molecule has 8 heteroatoms. The Morgan fingerprint density at radius 3 is 2.59 bits per heavy atom. The number of ether oxygens (including phenoxy) is 2. The van der Waals surface area contributed by atoms with Crippen molar-refractivity contribution in [1.29, 1.82) is 0 Å². The monoisotopic (exact) mass is 477 g/mol. The van der Waals surface area contributed by atoms with Gasteiger partial charge in [0.1, 0.15) is 23.2 Å². The molecular weight excluding hydrogens is 457 g/mol. The number of amides is 1. The fraction of sp³-hybridized carbons (Fsp3) is 0.192. The van der Waals surface area contributed by atoms with Crippen molar-refractivity contribution in [2.45, 2.75) is 19.4 Å². The van der Waals surface area contributed by atoms with Gasteiger partial charge in [-0.25, -0.2) is 9.47 Å². The normalized spacial score (nSPS) is 16.3. The number of methoxy groups -OCH3 is 1. The summed E-state index contributed by atoms with van der Waals surface area (Å²) < 4.78 is 28.5. The lowest BCUT2D eigenvalue weighted by Crippen LogP contribution is -2.46. The summed E-state index contributed by atoms with van der Waals surface area (Å²) in [6.07, 6.45) is 0.0706. The van der Waals surface area contributed by atoms with Crippen LogP contribution in [0.3, 0.4) is 0 Å². The summed E-state index contributed by atoms with van der Waals surface area (Å²) in [6.45, 7) is 2.39. The van der Waals surface area contributed by atoms with Crippen LogP contribution >= 0.6 is 11.6 Å². The fourth-order valence-electron chi connectivity index (χ4n) is 5.00. The van der Waals surface area contributed by atoms with E-state index >= 15 is 4.48 Å². The first-order chi connectivity index (χ1) is 16.5. The van der Waals surface area contributed by atoms with Gasteiger partial charge in [0, 0.05) is 28.6 Å². The second-order valence-corrected chi connectivity index (χ2v) is 8.99. The van der Waals surface area contributed by atoms with Gasteiger partial charge in [0.05, 0.1) is 18.3 Å². The van der Waals surface area contributed by atoms with Crippen LogP contribution in [0.4, 0.5) is 15.0 Å². The Hall–Kier alpha value is -3.71. The highest BCUT2D eigenvalue weighted by Crippen LogP contribution is 2.49. The minimum atomic E-state index is -0.527. The van der Waals surface area contributed by atoms with E-state index in [1.807, 2.05) is 25.1 Å². The molecule has 172 valence electrons. The lowest BCUT2D eigenvalue weighted by molar-refractivity contribution is 0.131. The van der Waals surface area contributed by atoms with E-state index in [1.54, 1.807) is 47.4 Å². The van der Waals surface area contributed by atoms with Crippen molar-refractivity contribution >= 4 is 34.3 Å². The maximum Gasteiger partial charge on any atom is 0.416 e. The lowest BCUT2D eigenvalue weighted by Gasteiger charge is -2.41. The molecule has 2 aliphatic rings. The topological polar surface area (TPSA) is 46.9 Å². The first kappa shape index (κ1) is 20.9. The third-order valence-corrected chi connectivity index (χ3v) is 6.82. The molecular formula is C26H21ClFN3O3. The van der Waals surface area contributed by atoms with E-state index in [2.05, 4.69) is 0 Å². The Morgan fingerprint density at radius 1 is 1.06 bits per heavy atom. The summed E-state index contributed by atoms with van der Waals surface area (Å²) in [5.41, 5.74) is 4.40. The number of halogens is 2. The Labute approximate surface area is 200 Å². The lowest BCUT2D eigenvalue weighted by atomic mass is 9.90. The number of fused-ring (bicyclic) bond motifs is 5. The van der Waals surface area contributed by atoms with Crippen molar-refractivity contribution in [2.75, 3.05) is 18.9 Å². The Balaban J connectivity index is 1.53. The van der Waals surface area contributed by atoms with Gasteiger partial charge in [-0.15, -0.1) is 5.23 Å². The molecule has 1 unspecified atom stereocenters. The number of benzene rings is 3. The molecule has 0 bridgehead atoms. The van der Waals surface area contributed by atoms with Crippen molar-refractivity contribution in [1.82, 2.24) is 9.58 Å². The molecule has 6 rings (SSSR count). The molecule has 1 amide bonds.